The third-order valence-corrected chi connectivity index (χ3v) is 4.75. The lowest BCUT2D eigenvalue weighted by Crippen LogP contribution is -2.23. The van der Waals surface area contributed by atoms with Gasteiger partial charge in [0.1, 0.15) is 0 Å². The number of anilines is 1. The van der Waals surface area contributed by atoms with E-state index in [0.29, 0.717) is 12.4 Å². The van der Waals surface area contributed by atoms with Crippen molar-refractivity contribution in [3.05, 3.63) is 65.5 Å². The van der Waals surface area contributed by atoms with E-state index in [0.717, 1.165) is 29.8 Å². The highest BCUT2D eigenvalue weighted by atomic mass is 16.5. The van der Waals surface area contributed by atoms with Crippen molar-refractivity contribution in [1.82, 2.24) is 15.5 Å². The second-order valence-corrected chi connectivity index (χ2v) is 6.84. The van der Waals surface area contributed by atoms with Crippen LogP contribution < -0.4 is 10.2 Å². The van der Waals surface area contributed by atoms with Gasteiger partial charge in [-0.15, -0.1) is 0 Å². The summed E-state index contributed by atoms with van der Waals surface area (Å²) < 4.78 is 5.14. The predicted octanol–water partition coefficient (Wildman–Crippen LogP) is 3.58. The highest BCUT2D eigenvalue weighted by Gasteiger charge is 2.17. The van der Waals surface area contributed by atoms with Gasteiger partial charge in [0.2, 0.25) is 5.82 Å². The van der Waals surface area contributed by atoms with Gasteiger partial charge in [0.05, 0.1) is 0 Å². The lowest BCUT2D eigenvalue weighted by molar-refractivity contribution is 0.0907. The van der Waals surface area contributed by atoms with E-state index in [1.165, 1.54) is 18.5 Å². The van der Waals surface area contributed by atoms with Crippen molar-refractivity contribution in [3.63, 3.8) is 0 Å². The second kappa shape index (κ2) is 7.61. The second-order valence-electron chi connectivity index (χ2n) is 6.84. The largest absolute Gasteiger partial charge is 0.372 e. The summed E-state index contributed by atoms with van der Waals surface area (Å²) >= 11 is 0. The van der Waals surface area contributed by atoms with Crippen LogP contribution in [0.15, 0.2) is 53.1 Å². The molecule has 1 N–H and O–H groups in total. The highest BCUT2D eigenvalue weighted by Crippen LogP contribution is 2.24. The number of hydrogen-bond donors (Lipinski definition) is 1. The van der Waals surface area contributed by atoms with Crippen LogP contribution in [0.2, 0.25) is 0 Å². The molecule has 6 heteroatoms. The Hall–Kier alpha value is -3.15. The van der Waals surface area contributed by atoms with Gasteiger partial charge in [-0.1, -0.05) is 35.0 Å². The van der Waals surface area contributed by atoms with Gasteiger partial charge in [-0.05, 0) is 49.6 Å². The maximum absolute atomic E-state index is 12.3. The van der Waals surface area contributed by atoms with Gasteiger partial charge in [-0.25, -0.2) is 0 Å². The zero-order chi connectivity index (χ0) is 18.6. The van der Waals surface area contributed by atoms with Crippen molar-refractivity contribution in [2.75, 3.05) is 18.0 Å². The number of carbonyl (C=O) groups excluding carboxylic acids is 1. The quantitative estimate of drug-likeness (QED) is 0.751. The van der Waals surface area contributed by atoms with Crippen molar-refractivity contribution in [2.24, 2.45) is 0 Å². The Balaban J connectivity index is 1.40. The van der Waals surface area contributed by atoms with Crippen LogP contribution in [0.1, 0.15) is 34.7 Å². The van der Waals surface area contributed by atoms with Gasteiger partial charge in [-0.3, -0.25) is 4.79 Å². The Morgan fingerprint density at radius 1 is 1.15 bits per heavy atom. The lowest BCUT2D eigenvalue weighted by atomic mass is 10.1. The number of carbonyl (C=O) groups is 1. The van der Waals surface area contributed by atoms with Crippen molar-refractivity contribution in [1.29, 1.82) is 0 Å². The average Bonchev–Trinajstić information content (AvgIpc) is 3.38. The molecular formula is C21H22N4O2. The Kier molecular flexibility index (Phi) is 4.87. The van der Waals surface area contributed by atoms with Gasteiger partial charge in [0.25, 0.3) is 0 Å². The molecule has 0 unspecified atom stereocenters. The molecule has 2 heterocycles. The van der Waals surface area contributed by atoms with Crippen LogP contribution in [0.3, 0.4) is 0 Å². The Morgan fingerprint density at radius 3 is 2.67 bits per heavy atom. The summed E-state index contributed by atoms with van der Waals surface area (Å²) in [6, 6.07) is 16.0. The maximum atomic E-state index is 12.3. The van der Waals surface area contributed by atoms with E-state index in [1.54, 1.807) is 0 Å². The molecule has 1 fully saturated rings. The first-order chi connectivity index (χ1) is 13.2. The maximum Gasteiger partial charge on any atom is 0.316 e. The van der Waals surface area contributed by atoms with Crippen LogP contribution >= 0.6 is 0 Å². The highest BCUT2D eigenvalue weighted by molar-refractivity contribution is 5.89. The van der Waals surface area contributed by atoms with Crippen LogP contribution in [-0.2, 0) is 6.54 Å². The third kappa shape index (κ3) is 4.00. The average molecular weight is 362 g/mol. The molecule has 0 radical (unpaired) electrons. The van der Waals surface area contributed by atoms with Crippen LogP contribution in [0.25, 0.3) is 11.4 Å². The van der Waals surface area contributed by atoms with E-state index in [-0.39, 0.29) is 11.8 Å². The molecule has 1 aromatic heterocycles. The zero-order valence-electron chi connectivity index (χ0n) is 15.3. The summed E-state index contributed by atoms with van der Waals surface area (Å²) in [6.45, 7) is 4.65. The molecule has 0 bridgehead atoms. The standard InChI is InChI=1S/C21H22N4O2/c1-15-5-4-6-16(13-15)14-22-20(26)21-23-19(24-27-21)17-7-9-18(10-8-17)25-11-2-3-12-25/h4-10,13H,2-3,11-12,14H2,1H3,(H,22,26). The molecule has 1 aliphatic rings. The number of nitrogens with one attached hydrogen (secondary N) is 1. The number of hydrogen-bond acceptors (Lipinski definition) is 5. The van der Waals surface area contributed by atoms with Gasteiger partial charge in [0, 0.05) is 30.9 Å². The van der Waals surface area contributed by atoms with Crippen LogP contribution in [0.4, 0.5) is 5.69 Å². The van der Waals surface area contributed by atoms with E-state index in [1.807, 2.05) is 43.3 Å². The third-order valence-electron chi connectivity index (χ3n) is 4.75. The van der Waals surface area contributed by atoms with Crippen molar-refractivity contribution >= 4 is 11.6 Å². The first-order valence-electron chi connectivity index (χ1n) is 9.22. The number of benzene rings is 2. The van der Waals surface area contributed by atoms with Gasteiger partial charge < -0.3 is 14.7 Å². The fourth-order valence-corrected chi connectivity index (χ4v) is 3.31. The minimum absolute atomic E-state index is 0.0266. The summed E-state index contributed by atoms with van der Waals surface area (Å²) in [5.41, 5.74) is 4.22. The molecule has 1 aliphatic heterocycles. The number of rotatable bonds is 5. The molecule has 1 saturated heterocycles. The predicted molar refractivity (Wildman–Crippen MR) is 104 cm³/mol. The summed E-state index contributed by atoms with van der Waals surface area (Å²) in [7, 11) is 0. The van der Waals surface area contributed by atoms with Crippen LogP contribution in [0, 0.1) is 6.92 Å². The summed E-state index contributed by atoms with van der Waals surface area (Å²) in [5, 5.41) is 6.75. The van der Waals surface area contributed by atoms with Crippen molar-refractivity contribution in [3.8, 4) is 11.4 Å². The van der Waals surface area contributed by atoms with E-state index >= 15 is 0 Å². The molecule has 1 amide bonds. The Bertz CT molecular complexity index is 927. The zero-order valence-corrected chi connectivity index (χ0v) is 15.3. The summed E-state index contributed by atoms with van der Waals surface area (Å²) in [6.07, 6.45) is 2.49. The fourth-order valence-electron chi connectivity index (χ4n) is 3.31. The molecule has 0 saturated carbocycles. The number of aromatic nitrogens is 2. The number of aryl methyl sites for hydroxylation is 1. The monoisotopic (exact) mass is 362 g/mol. The molecule has 138 valence electrons. The molecule has 27 heavy (non-hydrogen) atoms. The van der Waals surface area contributed by atoms with Gasteiger partial charge in [-0.2, -0.15) is 4.98 Å². The number of amides is 1. The van der Waals surface area contributed by atoms with Crippen molar-refractivity contribution < 1.29 is 9.32 Å². The van der Waals surface area contributed by atoms with Gasteiger partial charge in [0.15, 0.2) is 0 Å². The van der Waals surface area contributed by atoms with Gasteiger partial charge >= 0.3 is 11.8 Å². The van der Waals surface area contributed by atoms with Crippen molar-refractivity contribution in [2.45, 2.75) is 26.3 Å². The first kappa shape index (κ1) is 17.3. The van der Waals surface area contributed by atoms with E-state index in [4.69, 9.17) is 4.52 Å². The minimum atomic E-state index is -0.371. The summed E-state index contributed by atoms with van der Waals surface area (Å²) in [4.78, 5) is 18.9. The SMILES string of the molecule is Cc1cccc(CNC(=O)c2nc(-c3ccc(N4CCCC4)cc3)no2)c1. The van der Waals surface area contributed by atoms with E-state index < -0.39 is 0 Å². The fraction of sp³-hybridized carbons (Fsp3) is 0.286. The van der Waals surface area contributed by atoms with E-state index in [2.05, 4.69) is 32.5 Å². The molecule has 0 atom stereocenters. The van der Waals surface area contributed by atoms with Crippen LogP contribution in [0.5, 0.6) is 0 Å². The van der Waals surface area contributed by atoms with E-state index in [9.17, 15) is 4.79 Å². The lowest BCUT2D eigenvalue weighted by Gasteiger charge is -2.17. The molecule has 0 spiro atoms. The minimum Gasteiger partial charge on any atom is -0.372 e. The Labute approximate surface area is 158 Å². The number of nitrogens with zero attached hydrogens (tertiary/aromatic N) is 3. The normalized spacial score (nSPS) is 13.7. The molecule has 0 aliphatic carbocycles. The smallest absolute Gasteiger partial charge is 0.316 e. The molecular weight excluding hydrogens is 340 g/mol. The Morgan fingerprint density at radius 2 is 1.93 bits per heavy atom. The first-order valence-corrected chi connectivity index (χ1v) is 9.22. The molecule has 6 nitrogen and oxygen atoms in total. The molecule has 4 rings (SSSR count). The molecule has 3 aromatic rings. The topological polar surface area (TPSA) is 71.3 Å². The van der Waals surface area contributed by atoms with Crippen LogP contribution in [-0.4, -0.2) is 29.1 Å². The molecule has 2 aromatic carbocycles. The summed E-state index contributed by atoms with van der Waals surface area (Å²) in [5.74, 6) is 0.0221.